The number of hydrogen-bond donors (Lipinski definition) is 0. The molecule has 7 heteroatoms. The van der Waals surface area contributed by atoms with Crippen LogP contribution < -0.4 is 0 Å². The van der Waals surface area contributed by atoms with Crippen molar-refractivity contribution in [1.82, 2.24) is 14.2 Å². The molecule has 1 aliphatic heterocycles. The number of thiazole rings is 1. The number of sulfonamides is 1. The van der Waals surface area contributed by atoms with Crippen LogP contribution in [-0.2, 0) is 23.0 Å². The van der Waals surface area contributed by atoms with E-state index >= 15 is 0 Å². The third-order valence-corrected chi connectivity index (χ3v) is 8.73. The van der Waals surface area contributed by atoms with Crippen molar-refractivity contribution in [2.75, 3.05) is 26.2 Å². The Labute approximate surface area is 167 Å². The Kier molecular flexibility index (Phi) is 6.05. The third-order valence-electron chi connectivity index (χ3n) is 5.51. The highest BCUT2D eigenvalue weighted by atomic mass is 32.2. The maximum atomic E-state index is 13.3. The molecule has 148 valence electrons. The second-order valence-electron chi connectivity index (χ2n) is 7.36. The van der Waals surface area contributed by atoms with E-state index in [1.165, 1.54) is 0 Å². The lowest BCUT2D eigenvalue weighted by Gasteiger charge is -2.34. The predicted molar refractivity (Wildman–Crippen MR) is 111 cm³/mol. The van der Waals surface area contributed by atoms with Gasteiger partial charge >= 0.3 is 0 Å². The molecule has 1 fully saturated rings. The van der Waals surface area contributed by atoms with Gasteiger partial charge in [0.05, 0.1) is 15.6 Å². The normalized spacial score (nSPS) is 16.8. The minimum atomic E-state index is -3.47. The molecule has 27 heavy (non-hydrogen) atoms. The Morgan fingerprint density at radius 1 is 1.04 bits per heavy atom. The van der Waals surface area contributed by atoms with Crippen molar-refractivity contribution in [3.05, 3.63) is 44.4 Å². The molecule has 1 aliphatic rings. The molecule has 0 unspecified atom stereocenters. The van der Waals surface area contributed by atoms with Crippen LogP contribution in [0.1, 0.15) is 39.9 Å². The van der Waals surface area contributed by atoms with Gasteiger partial charge in [0.2, 0.25) is 10.0 Å². The number of benzene rings is 1. The van der Waals surface area contributed by atoms with E-state index in [1.807, 2.05) is 27.7 Å². The van der Waals surface area contributed by atoms with Gasteiger partial charge in [-0.15, -0.1) is 11.3 Å². The zero-order valence-electron chi connectivity index (χ0n) is 16.9. The molecule has 0 atom stereocenters. The van der Waals surface area contributed by atoms with Crippen molar-refractivity contribution in [2.45, 2.75) is 52.5 Å². The quantitative estimate of drug-likeness (QED) is 0.762. The summed E-state index contributed by atoms with van der Waals surface area (Å²) in [6.07, 6.45) is 0.964. The number of nitrogens with zero attached hydrogens (tertiary/aromatic N) is 3. The largest absolute Gasteiger partial charge is 0.295 e. The van der Waals surface area contributed by atoms with Gasteiger partial charge in [0.1, 0.15) is 0 Å². The van der Waals surface area contributed by atoms with Gasteiger partial charge in [-0.05, 0) is 56.4 Å². The molecule has 5 nitrogen and oxygen atoms in total. The number of rotatable bonds is 5. The molecule has 0 amide bonds. The first-order valence-electron chi connectivity index (χ1n) is 9.47. The fraction of sp³-hybridized carbons (Fsp3) is 0.550. The van der Waals surface area contributed by atoms with E-state index in [1.54, 1.807) is 15.6 Å². The highest BCUT2D eigenvalue weighted by Gasteiger charge is 2.31. The van der Waals surface area contributed by atoms with Gasteiger partial charge in [0, 0.05) is 38.1 Å². The predicted octanol–water partition coefficient (Wildman–Crippen LogP) is 3.45. The summed E-state index contributed by atoms with van der Waals surface area (Å²) in [5.41, 5.74) is 4.90. The number of aromatic nitrogens is 1. The molecule has 1 aromatic heterocycles. The molecule has 0 aliphatic carbocycles. The maximum absolute atomic E-state index is 13.3. The topological polar surface area (TPSA) is 53.5 Å². The summed E-state index contributed by atoms with van der Waals surface area (Å²) < 4.78 is 28.3. The molecular formula is C20H29N3O2S2. The molecule has 0 bridgehead atoms. The van der Waals surface area contributed by atoms with Crippen LogP contribution in [0.15, 0.2) is 16.3 Å². The first kappa shape index (κ1) is 20.5. The molecule has 1 saturated heterocycles. The second kappa shape index (κ2) is 7.99. The Balaban J connectivity index is 1.74. The van der Waals surface area contributed by atoms with E-state index in [4.69, 9.17) is 0 Å². The SMILES string of the molecule is CCc1nc(CN2CCN(S(=O)(=O)c3c(C)c(C)cc(C)c3C)CC2)cs1. The lowest BCUT2D eigenvalue weighted by atomic mass is 10.0. The second-order valence-corrected chi connectivity index (χ2v) is 10.2. The standard InChI is InChI=1S/C20H29N3O2S2/c1-6-19-21-18(13-26-19)12-22-7-9-23(10-8-22)27(24,25)20-16(4)14(2)11-15(3)17(20)5/h11,13H,6-10,12H2,1-5H3. The molecule has 1 aromatic carbocycles. The maximum Gasteiger partial charge on any atom is 0.243 e. The van der Waals surface area contributed by atoms with Crippen molar-refractivity contribution in [2.24, 2.45) is 0 Å². The van der Waals surface area contributed by atoms with E-state index in [9.17, 15) is 8.42 Å². The van der Waals surface area contributed by atoms with Gasteiger partial charge < -0.3 is 0 Å². The summed E-state index contributed by atoms with van der Waals surface area (Å²) in [5, 5.41) is 3.27. The highest BCUT2D eigenvalue weighted by molar-refractivity contribution is 7.89. The van der Waals surface area contributed by atoms with Crippen molar-refractivity contribution in [3.8, 4) is 0 Å². The molecule has 0 spiro atoms. The molecule has 0 saturated carbocycles. The van der Waals surface area contributed by atoms with Crippen LogP contribution in [0.4, 0.5) is 0 Å². The zero-order chi connectivity index (χ0) is 19.8. The van der Waals surface area contributed by atoms with Crippen molar-refractivity contribution < 1.29 is 8.42 Å². The van der Waals surface area contributed by atoms with Crippen molar-refractivity contribution >= 4 is 21.4 Å². The van der Waals surface area contributed by atoms with Crippen LogP contribution in [0.3, 0.4) is 0 Å². The minimum absolute atomic E-state index is 0.500. The van der Waals surface area contributed by atoms with Crippen LogP contribution >= 0.6 is 11.3 Å². The fourth-order valence-corrected chi connectivity index (χ4v) is 6.37. The third kappa shape index (κ3) is 4.11. The Bertz CT molecular complexity index is 901. The number of piperazine rings is 1. The van der Waals surface area contributed by atoms with Crippen LogP contribution in [-0.4, -0.2) is 48.8 Å². The summed E-state index contributed by atoms with van der Waals surface area (Å²) in [4.78, 5) is 7.42. The van der Waals surface area contributed by atoms with Gasteiger partial charge in [-0.1, -0.05) is 13.0 Å². The summed E-state index contributed by atoms with van der Waals surface area (Å²) in [6, 6.07) is 2.07. The summed E-state index contributed by atoms with van der Waals surface area (Å²) in [7, 11) is -3.47. The zero-order valence-corrected chi connectivity index (χ0v) is 18.5. The summed E-state index contributed by atoms with van der Waals surface area (Å²) in [6.45, 7) is 13.2. The average Bonchev–Trinajstić information content (AvgIpc) is 3.08. The number of aryl methyl sites for hydroxylation is 3. The lowest BCUT2D eigenvalue weighted by molar-refractivity contribution is 0.180. The van der Waals surface area contributed by atoms with Gasteiger partial charge in [-0.25, -0.2) is 13.4 Å². The first-order valence-corrected chi connectivity index (χ1v) is 11.8. The Morgan fingerprint density at radius 3 is 2.15 bits per heavy atom. The van der Waals surface area contributed by atoms with E-state index in [0.717, 1.165) is 59.0 Å². The Morgan fingerprint density at radius 2 is 1.63 bits per heavy atom. The molecule has 3 rings (SSSR count). The lowest BCUT2D eigenvalue weighted by Crippen LogP contribution is -2.48. The minimum Gasteiger partial charge on any atom is -0.295 e. The van der Waals surface area contributed by atoms with Gasteiger partial charge in [0.15, 0.2) is 0 Å². The van der Waals surface area contributed by atoms with Crippen LogP contribution in [0.25, 0.3) is 0 Å². The smallest absolute Gasteiger partial charge is 0.243 e. The van der Waals surface area contributed by atoms with Crippen molar-refractivity contribution in [3.63, 3.8) is 0 Å². The molecule has 2 heterocycles. The molecular weight excluding hydrogens is 378 g/mol. The Hall–Kier alpha value is -1.28. The van der Waals surface area contributed by atoms with E-state index in [0.29, 0.717) is 18.0 Å². The van der Waals surface area contributed by atoms with E-state index in [-0.39, 0.29) is 0 Å². The van der Waals surface area contributed by atoms with Gasteiger partial charge in [-0.2, -0.15) is 4.31 Å². The van der Waals surface area contributed by atoms with Gasteiger partial charge in [-0.3, -0.25) is 4.90 Å². The average molecular weight is 408 g/mol. The van der Waals surface area contributed by atoms with E-state index in [2.05, 4.69) is 28.3 Å². The van der Waals surface area contributed by atoms with Crippen molar-refractivity contribution in [1.29, 1.82) is 0 Å². The van der Waals surface area contributed by atoms with Gasteiger partial charge in [0.25, 0.3) is 0 Å². The van der Waals surface area contributed by atoms with Crippen LogP contribution in [0, 0.1) is 27.7 Å². The first-order chi connectivity index (χ1) is 12.7. The monoisotopic (exact) mass is 407 g/mol. The molecule has 0 N–H and O–H groups in total. The van der Waals surface area contributed by atoms with Crippen LogP contribution in [0.5, 0.6) is 0 Å². The molecule has 0 radical (unpaired) electrons. The summed E-state index contributed by atoms with van der Waals surface area (Å²) in [5.74, 6) is 0. The van der Waals surface area contributed by atoms with E-state index < -0.39 is 10.0 Å². The molecule has 2 aromatic rings. The van der Waals surface area contributed by atoms with Crippen LogP contribution in [0.2, 0.25) is 0 Å². The number of hydrogen-bond acceptors (Lipinski definition) is 5. The fourth-order valence-electron chi connectivity index (χ4n) is 3.64. The highest BCUT2D eigenvalue weighted by Crippen LogP contribution is 2.29. The summed E-state index contributed by atoms with van der Waals surface area (Å²) >= 11 is 1.70.